The Morgan fingerprint density at radius 1 is 1.38 bits per heavy atom. The first-order chi connectivity index (χ1) is 7.56. The Bertz CT molecular complexity index is 467. The van der Waals surface area contributed by atoms with Gasteiger partial charge in [-0.3, -0.25) is 4.79 Å². The predicted molar refractivity (Wildman–Crippen MR) is 62.9 cm³/mol. The summed E-state index contributed by atoms with van der Waals surface area (Å²) < 4.78 is 0. The van der Waals surface area contributed by atoms with Gasteiger partial charge in [-0.1, -0.05) is 24.3 Å². The molecule has 0 radical (unpaired) electrons. The fourth-order valence-corrected chi connectivity index (χ4v) is 1.37. The third-order valence-electron chi connectivity index (χ3n) is 2.14. The lowest BCUT2D eigenvalue weighted by atomic mass is 10.0. The SMILES string of the molecule is Cc1ccccc1C(=O)C(C#N)=CN(C)C. The van der Waals surface area contributed by atoms with Crippen molar-refractivity contribution in [2.45, 2.75) is 6.92 Å². The zero-order chi connectivity index (χ0) is 12.1. The second-order valence-electron chi connectivity index (χ2n) is 3.76. The summed E-state index contributed by atoms with van der Waals surface area (Å²) in [5, 5.41) is 8.93. The lowest BCUT2D eigenvalue weighted by Gasteiger charge is -2.07. The summed E-state index contributed by atoms with van der Waals surface area (Å²) in [5.74, 6) is -0.227. The van der Waals surface area contributed by atoms with Gasteiger partial charge in [-0.25, -0.2) is 0 Å². The number of nitriles is 1. The number of carbonyl (C=O) groups is 1. The lowest BCUT2D eigenvalue weighted by molar-refractivity contribution is 0.103. The minimum atomic E-state index is -0.227. The summed E-state index contributed by atoms with van der Waals surface area (Å²) in [4.78, 5) is 13.7. The number of aryl methyl sites for hydroxylation is 1. The molecule has 0 aliphatic carbocycles. The molecule has 3 heteroatoms. The highest BCUT2D eigenvalue weighted by Crippen LogP contribution is 2.12. The maximum absolute atomic E-state index is 12.0. The zero-order valence-corrected chi connectivity index (χ0v) is 9.69. The summed E-state index contributed by atoms with van der Waals surface area (Å²) >= 11 is 0. The van der Waals surface area contributed by atoms with E-state index in [-0.39, 0.29) is 11.4 Å². The van der Waals surface area contributed by atoms with Gasteiger partial charge in [0.25, 0.3) is 0 Å². The van der Waals surface area contributed by atoms with Crippen LogP contribution in [-0.4, -0.2) is 24.8 Å². The van der Waals surface area contributed by atoms with Crippen LogP contribution in [0.5, 0.6) is 0 Å². The average Bonchev–Trinajstić information content (AvgIpc) is 2.25. The molecule has 16 heavy (non-hydrogen) atoms. The standard InChI is InChI=1S/C13H14N2O/c1-10-6-4-5-7-12(10)13(16)11(8-14)9-15(2)3/h4-7,9H,1-3H3. The van der Waals surface area contributed by atoms with Crippen LogP contribution < -0.4 is 0 Å². The van der Waals surface area contributed by atoms with Crippen LogP contribution in [0.2, 0.25) is 0 Å². The molecule has 0 spiro atoms. The summed E-state index contributed by atoms with van der Waals surface area (Å²) in [5.41, 5.74) is 1.61. The maximum Gasteiger partial charge on any atom is 0.205 e. The molecule has 0 aromatic heterocycles. The molecule has 0 bridgehead atoms. The second-order valence-corrected chi connectivity index (χ2v) is 3.76. The molecule has 0 saturated heterocycles. The molecule has 0 atom stereocenters. The molecule has 1 aromatic carbocycles. The number of hydrogen-bond acceptors (Lipinski definition) is 3. The minimum absolute atomic E-state index is 0.152. The van der Waals surface area contributed by atoms with Crippen molar-refractivity contribution in [3.8, 4) is 6.07 Å². The van der Waals surface area contributed by atoms with E-state index in [1.54, 1.807) is 31.1 Å². The predicted octanol–water partition coefficient (Wildman–Crippen LogP) is 2.15. The van der Waals surface area contributed by atoms with Gasteiger partial charge < -0.3 is 4.90 Å². The van der Waals surface area contributed by atoms with Gasteiger partial charge in [0, 0.05) is 25.9 Å². The first-order valence-electron chi connectivity index (χ1n) is 4.95. The van der Waals surface area contributed by atoms with E-state index in [9.17, 15) is 4.79 Å². The largest absolute Gasteiger partial charge is 0.382 e. The van der Waals surface area contributed by atoms with E-state index in [0.29, 0.717) is 5.56 Å². The van der Waals surface area contributed by atoms with Crippen molar-refractivity contribution < 1.29 is 4.79 Å². The minimum Gasteiger partial charge on any atom is -0.382 e. The van der Waals surface area contributed by atoms with Crippen molar-refractivity contribution in [3.05, 3.63) is 47.2 Å². The van der Waals surface area contributed by atoms with Gasteiger partial charge in [0.05, 0.1) is 0 Å². The fraction of sp³-hybridized carbons (Fsp3) is 0.231. The highest BCUT2D eigenvalue weighted by Gasteiger charge is 2.13. The molecule has 0 aliphatic rings. The van der Waals surface area contributed by atoms with Crippen LogP contribution in [0.4, 0.5) is 0 Å². The highest BCUT2D eigenvalue weighted by molar-refractivity contribution is 6.12. The molecule has 0 saturated carbocycles. The van der Waals surface area contributed by atoms with Crippen molar-refractivity contribution in [2.75, 3.05) is 14.1 Å². The molecule has 1 rings (SSSR count). The topological polar surface area (TPSA) is 44.1 Å². The molecule has 0 N–H and O–H groups in total. The van der Waals surface area contributed by atoms with Gasteiger partial charge in [-0.15, -0.1) is 0 Å². The Kier molecular flexibility index (Phi) is 3.84. The summed E-state index contributed by atoms with van der Waals surface area (Å²) in [6.45, 7) is 1.86. The van der Waals surface area contributed by atoms with Crippen molar-refractivity contribution >= 4 is 5.78 Å². The van der Waals surface area contributed by atoms with E-state index in [1.165, 1.54) is 6.20 Å². The molecule has 0 aliphatic heterocycles. The summed E-state index contributed by atoms with van der Waals surface area (Å²) in [6.07, 6.45) is 1.54. The molecule has 3 nitrogen and oxygen atoms in total. The third-order valence-corrected chi connectivity index (χ3v) is 2.14. The summed E-state index contributed by atoms with van der Waals surface area (Å²) in [6, 6.07) is 9.19. The van der Waals surface area contributed by atoms with Crippen LogP contribution >= 0.6 is 0 Å². The van der Waals surface area contributed by atoms with Crippen LogP contribution in [0.25, 0.3) is 0 Å². The molecule has 1 aromatic rings. The molecule has 0 fully saturated rings. The number of carbonyl (C=O) groups excluding carboxylic acids is 1. The van der Waals surface area contributed by atoms with Gasteiger partial charge in [-0.2, -0.15) is 5.26 Å². The number of rotatable bonds is 3. The molecule has 0 unspecified atom stereocenters. The van der Waals surface area contributed by atoms with Crippen LogP contribution in [-0.2, 0) is 0 Å². The van der Waals surface area contributed by atoms with E-state index in [2.05, 4.69) is 0 Å². The van der Waals surface area contributed by atoms with Gasteiger partial charge in [0.1, 0.15) is 11.6 Å². The van der Waals surface area contributed by atoms with E-state index in [0.717, 1.165) is 5.56 Å². The number of hydrogen-bond donors (Lipinski definition) is 0. The Balaban J connectivity index is 3.12. The number of benzene rings is 1. The quantitative estimate of drug-likeness (QED) is 0.440. The van der Waals surface area contributed by atoms with Gasteiger partial charge in [-0.05, 0) is 12.5 Å². The Hall–Kier alpha value is -2.08. The van der Waals surface area contributed by atoms with Gasteiger partial charge in [0.2, 0.25) is 5.78 Å². The van der Waals surface area contributed by atoms with E-state index >= 15 is 0 Å². The molecular weight excluding hydrogens is 200 g/mol. The Morgan fingerprint density at radius 2 is 2.00 bits per heavy atom. The number of nitrogens with zero attached hydrogens (tertiary/aromatic N) is 2. The van der Waals surface area contributed by atoms with Crippen molar-refractivity contribution in [1.82, 2.24) is 4.90 Å². The first-order valence-corrected chi connectivity index (χ1v) is 4.95. The molecular formula is C13H14N2O. The van der Waals surface area contributed by atoms with Crippen LogP contribution in [0.15, 0.2) is 36.0 Å². The number of allylic oxidation sites excluding steroid dienone is 1. The maximum atomic E-state index is 12.0. The lowest BCUT2D eigenvalue weighted by Crippen LogP contribution is -2.09. The van der Waals surface area contributed by atoms with Crippen molar-refractivity contribution in [2.24, 2.45) is 0 Å². The normalized spacial score (nSPS) is 10.8. The van der Waals surface area contributed by atoms with Gasteiger partial charge in [0.15, 0.2) is 0 Å². The Morgan fingerprint density at radius 3 is 2.50 bits per heavy atom. The van der Waals surface area contributed by atoms with Crippen molar-refractivity contribution in [1.29, 1.82) is 5.26 Å². The van der Waals surface area contributed by atoms with E-state index in [4.69, 9.17) is 5.26 Å². The Labute approximate surface area is 95.6 Å². The van der Waals surface area contributed by atoms with Crippen molar-refractivity contribution in [3.63, 3.8) is 0 Å². The molecule has 0 amide bonds. The van der Waals surface area contributed by atoms with E-state index in [1.807, 2.05) is 25.1 Å². The third kappa shape index (κ3) is 2.71. The summed E-state index contributed by atoms with van der Waals surface area (Å²) in [7, 11) is 3.56. The number of Topliss-reactive ketones (excluding diaryl/α,β-unsaturated/α-hetero) is 1. The zero-order valence-electron chi connectivity index (χ0n) is 9.69. The second kappa shape index (κ2) is 5.13. The van der Waals surface area contributed by atoms with Gasteiger partial charge >= 0.3 is 0 Å². The molecule has 0 heterocycles. The monoisotopic (exact) mass is 214 g/mol. The number of ketones is 1. The van der Waals surface area contributed by atoms with E-state index < -0.39 is 0 Å². The average molecular weight is 214 g/mol. The highest BCUT2D eigenvalue weighted by atomic mass is 16.1. The first kappa shape index (κ1) is 12.0. The van der Waals surface area contributed by atoms with Crippen LogP contribution in [0, 0.1) is 18.3 Å². The smallest absolute Gasteiger partial charge is 0.205 e. The van der Waals surface area contributed by atoms with Crippen LogP contribution in [0.1, 0.15) is 15.9 Å². The fourth-order valence-electron chi connectivity index (χ4n) is 1.37. The molecule has 82 valence electrons. The van der Waals surface area contributed by atoms with Crippen LogP contribution in [0.3, 0.4) is 0 Å².